The minimum absolute atomic E-state index is 0.0585. The predicted molar refractivity (Wildman–Crippen MR) is 108 cm³/mol. The summed E-state index contributed by atoms with van der Waals surface area (Å²) in [6, 6.07) is 9.28. The quantitative estimate of drug-likeness (QED) is 0.512. The Bertz CT molecular complexity index is 940. The minimum Gasteiger partial charge on any atom is -0.508 e. The minimum atomic E-state index is -4.68. The number of likely N-dealkylation sites (tertiary alicyclic amines) is 1. The number of aromatic hydroxyl groups is 1. The number of carbonyl (C=O) groups excluding carboxylic acids is 1. The first kappa shape index (κ1) is 22.4. The summed E-state index contributed by atoms with van der Waals surface area (Å²) in [5.74, 6) is 0.390. The number of piperidine rings is 1. The predicted octanol–water partition coefficient (Wildman–Crippen LogP) is 4.53. The number of amides is 1. The van der Waals surface area contributed by atoms with Crippen molar-refractivity contribution >= 4 is 17.3 Å². The highest BCUT2D eigenvalue weighted by Gasteiger charge is 2.33. The van der Waals surface area contributed by atoms with Gasteiger partial charge in [-0.2, -0.15) is 13.2 Å². The Labute approximate surface area is 176 Å². The van der Waals surface area contributed by atoms with E-state index < -0.39 is 22.4 Å². The first-order valence-electron chi connectivity index (χ1n) is 9.81. The molecule has 0 aliphatic carbocycles. The molecule has 2 aromatic carbocycles. The van der Waals surface area contributed by atoms with E-state index in [4.69, 9.17) is 0 Å². The second-order valence-electron chi connectivity index (χ2n) is 7.41. The number of hydrogen-bond acceptors (Lipinski definition) is 5. The van der Waals surface area contributed by atoms with Crippen molar-refractivity contribution in [3.05, 3.63) is 63.7 Å². The van der Waals surface area contributed by atoms with E-state index in [2.05, 4.69) is 5.32 Å². The molecule has 1 saturated heterocycles. The molecular weight excluding hydrogens is 415 g/mol. The van der Waals surface area contributed by atoms with Gasteiger partial charge in [0.25, 0.3) is 5.69 Å². The van der Waals surface area contributed by atoms with Crippen LogP contribution >= 0.6 is 0 Å². The van der Waals surface area contributed by atoms with Gasteiger partial charge < -0.3 is 15.3 Å². The lowest BCUT2D eigenvalue weighted by atomic mass is 9.89. The zero-order chi connectivity index (χ0) is 22.6. The fraction of sp³-hybridized carbons (Fsp3) is 0.381. The molecule has 2 aromatic rings. The Morgan fingerprint density at radius 2 is 1.81 bits per heavy atom. The van der Waals surface area contributed by atoms with Crippen LogP contribution in [0.15, 0.2) is 42.5 Å². The van der Waals surface area contributed by atoms with Crippen molar-refractivity contribution < 1.29 is 28.0 Å². The van der Waals surface area contributed by atoms with E-state index in [9.17, 15) is 33.2 Å². The molecule has 1 amide bonds. The van der Waals surface area contributed by atoms with Crippen molar-refractivity contribution in [1.82, 2.24) is 4.90 Å². The van der Waals surface area contributed by atoms with Crippen molar-refractivity contribution in [3.8, 4) is 5.75 Å². The van der Waals surface area contributed by atoms with Gasteiger partial charge in [0, 0.05) is 32.1 Å². The lowest BCUT2D eigenvalue weighted by Crippen LogP contribution is -2.38. The summed E-state index contributed by atoms with van der Waals surface area (Å²) >= 11 is 0. The van der Waals surface area contributed by atoms with Crippen LogP contribution in [0.3, 0.4) is 0 Å². The summed E-state index contributed by atoms with van der Waals surface area (Å²) in [5, 5.41) is 23.2. The third-order valence-corrected chi connectivity index (χ3v) is 5.39. The van der Waals surface area contributed by atoms with Crippen LogP contribution < -0.4 is 5.32 Å². The molecule has 31 heavy (non-hydrogen) atoms. The topological polar surface area (TPSA) is 95.7 Å². The number of hydrogen-bond donors (Lipinski definition) is 2. The molecule has 0 radical (unpaired) electrons. The Morgan fingerprint density at radius 1 is 1.16 bits per heavy atom. The summed E-state index contributed by atoms with van der Waals surface area (Å²) in [5.41, 5.74) is -0.729. The summed E-state index contributed by atoms with van der Waals surface area (Å²) in [7, 11) is 0. The highest BCUT2D eigenvalue weighted by Crippen LogP contribution is 2.35. The van der Waals surface area contributed by atoms with Crippen LogP contribution in [0.5, 0.6) is 5.75 Å². The number of anilines is 1. The SMILES string of the molecule is O=C(CCNc1ccc(C(F)(F)F)cc1[N+](=O)[O-])N1CCC(c2ccc(O)cc2)CC1. The fourth-order valence-corrected chi connectivity index (χ4v) is 3.68. The molecule has 0 unspecified atom stereocenters. The van der Waals surface area contributed by atoms with Crippen molar-refractivity contribution in [2.24, 2.45) is 0 Å². The normalized spacial score (nSPS) is 15.0. The number of alkyl halides is 3. The van der Waals surface area contributed by atoms with Gasteiger partial charge >= 0.3 is 6.18 Å². The van der Waals surface area contributed by atoms with E-state index in [1.165, 1.54) is 0 Å². The van der Waals surface area contributed by atoms with Gasteiger partial charge in [0.1, 0.15) is 11.4 Å². The Kier molecular flexibility index (Phi) is 6.67. The van der Waals surface area contributed by atoms with Crippen molar-refractivity contribution in [2.75, 3.05) is 25.0 Å². The van der Waals surface area contributed by atoms with Gasteiger partial charge in [-0.05, 0) is 48.6 Å². The van der Waals surface area contributed by atoms with Crippen LogP contribution in [-0.4, -0.2) is 40.5 Å². The molecule has 3 rings (SSSR count). The maximum absolute atomic E-state index is 12.8. The highest BCUT2D eigenvalue weighted by atomic mass is 19.4. The molecule has 0 bridgehead atoms. The largest absolute Gasteiger partial charge is 0.508 e. The van der Waals surface area contributed by atoms with Crippen molar-refractivity contribution in [2.45, 2.75) is 31.4 Å². The van der Waals surface area contributed by atoms with Crippen molar-refractivity contribution in [1.29, 1.82) is 0 Å². The van der Waals surface area contributed by atoms with Gasteiger partial charge in [-0.15, -0.1) is 0 Å². The molecule has 1 heterocycles. The van der Waals surface area contributed by atoms with E-state index in [0.29, 0.717) is 25.1 Å². The maximum Gasteiger partial charge on any atom is 0.416 e. The molecule has 7 nitrogen and oxygen atoms in total. The molecule has 0 spiro atoms. The highest BCUT2D eigenvalue weighted by molar-refractivity contribution is 5.77. The monoisotopic (exact) mass is 437 g/mol. The van der Waals surface area contributed by atoms with E-state index in [0.717, 1.165) is 30.5 Å². The van der Waals surface area contributed by atoms with Gasteiger partial charge in [-0.25, -0.2) is 0 Å². The molecule has 2 N–H and O–H groups in total. The van der Waals surface area contributed by atoms with Gasteiger partial charge in [0.2, 0.25) is 5.91 Å². The van der Waals surface area contributed by atoms with Crippen LogP contribution in [0.2, 0.25) is 0 Å². The molecule has 0 saturated carbocycles. The molecule has 0 aromatic heterocycles. The van der Waals surface area contributed by atoms with Gasteiger partial charge in [0.05, 0.1) is 10.5 Å². The molecule has 0 atom stereocenters. The average molecular weight is 437 g/mol. The fourth-order valence-electron chi connectivity index (χ4n) is 3.68. The third kappa shape index (κ3) is 5.65. The number of nitrogens with zero attached hydrogens (tertiary/aromatic N) is 2. The lowest BCUT2D eigenvalue weighted by Gasteiger charge is -2.32. The number of phenols is 1. The van der Waals surface area contributed by atoms with Gasteiger partial charge in [0.15, 0.2) is 0 Å². The molecule has 10 heteroatoms. The average Bonchev–Trinajstić information content (AvgIpc) is 2.73. The smallest absolute Gasteiger partial charge is 0.416 e. The number of rotatable bonds is 6. The number of nitro groups is 1. The molecule has 1 aliphatic rings. The standard InChI is InChI=1S/C21H22F3N3O4/c22-21(23,24)16-3-6-18(19(13-16)27(30)31)25-10-7-20(29)26-11-8-15(9-12-26)14-1-4-17(28)5-2-14/h1-6,13,15,25,28H,7-12H2. The van der Waals surface area contributed by atoms with E-state index in [-0.39, 0.29) is 30.3 Å². The van der Waals surface area contributed by atoms with Gasteiger partial charge in [-0.3, -0.25) is 14.9 Å². The first-order chi connectivity index (χ1) is 14.6. The number of nitro benzene ring substituents is 1. The summed E-state index contributed by atoms with van der Waals surface area (Å²) in [4.78, 5) is 24.4. The number of benzene rings is 2. The maximum atomic E-state index is 12.8. The van der Waals surface area contributed by atoms with Crippen LogP contribution in [0, 0.1) is 10.1 Å². The van der Waals surface area contributed by atoms with Crippen molar-refractivity contribution in [3.63, 3.8) is 0 Å². The second-order valence-corrected chi connectivity index (χ2v) is 7.41. The molecule has 1 fully saturated rings. The number of halogens is 3. The molecular formula is C21H22F3N3O4. The van der Waals surface area contributed by atoms with E-state index in [1.54, 1.807) is 17.0 Å². The van der Waals surface area contributed by atoms with E-state index >= 15 is 0 Å². The third-order valence-electron chi connectivity index (χ3n) is 5.39. The Hall–Kier alpha value is -3.30. The Balaban J connectivity index is 1.51. The lowest BCUT2D eigenvalue weighted by molar-refractivity contribution is -0.384. The van der Waals surface area contributed by atoms with Crippen LogP contribution in [0.4, 0.5) is 24.5 Å². The molecule has 166 valence electrons. The van der Waals surface area contributed by atoms with Crippen LogP contribution in [-0.2, 0) is 11.0 Å². The van der Waals surface area contributed by atoms with E-state index in [1.807, 2.05) is 12.1 Å². The van der Waals surface area contributed by atoms with Crippen LogP contribution in [0.1, 0.15) is 36.3 Å². The van der Waals surface area contributed by atoms with Crippen LogP contribution in [0.25, 0.3) is 0 Å². The summed E-state index contributed by atoms with van der Waals surface area (Å²) in [6.45, 7) is 1.22. The van der Waals surface area contributed by atoms with Gasteiger partial charge in [-0.1, -0.05) is 12.1 Å². The second kappa shape index (κ2) is 9.23. The Morgan fingerprint density at radius 3 is 2.39 bits per heavy atom. The zero-order valence-electron chi connectivity index (χ0n) is 16.6. The summed E-state index contributed by atoms with van der Waals surface area (Å²) in [6.07, 6.45) is -3.03. The number of carbonyl (C=O) groups is 1. The number of nitrogens with one attached hydrogen (secondary N) is 1. The first-order valence-corrected chi connectivity index (χ1v) is 9.81. The number of phenolic OH excluding ortho intramolecular Hbond substituents is 1. The summed E-state index contributed by atoms with van der Waals surface area (Å²) < 4.78 is 38.3. The molecule has 1 aliphatic heterocycles. The zero-order valence-corrected chi connectivity index (χ0v) is 16.6.